The fraction of sp³-hybridized carbons (Fsp3) is 0.179. The number of carbonyl (C=O) groups excluding carboxylic acids is 2. The first kappa shape index (κ1) is 22.8. The van der Waals surface area contributed by atoms with Crippen LogP contribution in [0.4, 0.5) is 4.79 Å². The summed E-state index contributed by atoms with van der Waals surface area (Å²) < 4.78 is 8.58. The molecule has 7 heteroatoms. The molecule has 0 spiro atoms. The van der Waals surface area contributed by atoms with Crippen LogP contribution >= 0.6 is 11.3 Å². The van der Waals surface area contributed by atoms with Crippen molar-refractivity contribution in [2.45, 2.75) is 20.0 Å². The van der Waals surface area contributed by atoms with Gasteiger partial charge in [0.25, 0.3) is 5.91 Å². The molecular weight excluding hydrogens is 458 g/mol. The summed E-state index contributed by atoms with van der Waals surface area (Å²) in [6.45, 7) is 3.20. The molecule has 2 amide bonds. The van der Waals surface area contributed by atoms with Crippen LogP contribution in [0.2, 0.25) is 0 Å². The van der Waals surface area contributed by atoms with Crippen molar-refractivity contribution in [2.75, 3.05) is 13.1 Å². The lowest BCUT2D eigenvalue weighted by Gasteiger charge is -2.26. The molecular formula is C28H25N3O3S. The minimum atomic E-state index is -0.330. The second-order valence-corrected chi connectivity index (χ2v) is 9.41. The van der Waals surface area contributed by atoms with E-state index in [1.54, 1.807) is 17.0 Å². The summed E-state index contributed by atoms with van der Waals surface area (Å²) in [6.07, 6.45) is 2.32. The molecule has 1 aliphatic rings. The third-order valence-electron chi connectivity index (χ3n) is 5.93. The van der Waals surface area contributed by atoms with Crippen molar-refractivity contribution in [1.29, 1.82) is 0 Å². The van der Waals surface area contributed by atoms with Gasteiger partial charge in [-0.1, -0.05) is 71.5 Å². The zero-order valence-corrected chi connectivity index (χ0v) is 20.2. The van der Waals surface area contributed by atoms with Gasteiger partial charge in [-0.15, -0.1) is 0 Å². The Morgan fingerprint density at radius 2 is 1.71 bits per heavy atom. The summed E-state index contributed by atoms with van der Waals surface area (Å²) in [6, 6.07) is 25.1. The van der Waals surface area contributed by atoms with Gasteiger partial charge in [0, 0.05) is 30.8 Å². The highest BCUT2D eigenvalue weighted by Gasteiger charge is 2.21. The Balaban J connectivity index is 1.39. The SMILES string of the molecule is Cc1ccc(C(=O)N=c2sc3ccccc3n2C2=CCN(C(=O)OCc3ccccc3)CC2)cc1. The summed E-state index contributed by atoms with van der Waals surface area (Å²) in [5, 5.41) is 0. The van der Waals surface area contributed by atoms with Crippen LogP contribution < -0.4 is 4.80 Å². The summed E-state index contributed by atoms with van der Waals surface area (Å²) in [4.78, 5) is 32.3. The van der Waals surface area contributed by atoms with Gasteiger partial charge in [0.15, 0.2) is 4.80 Å². The average molecular weight is 484 g/mol. The zero-order valence-electron chi connectivity index (χ0n) is 19.4. The lowest BCUT2D eigenvalue weighted by Crippen LogP contribution is -2.36. The molecule has 2 heterocycles. The second-order valence-electron chi connectivity index (χ2n) is 8.40. The Morgan fingerprint density at radius 1 is 0.971 bits per heavy atom. The molecule has 0 saturated carbocycles. The van der Waals surface area contributed by atoms with Crippen molar-refractivity contribution in [3.8, 4) is 0 Å². The van der Waals surface area contributed by atoms with Gasteiger partial charge in [0.05, 0.1) is 10.2 Å². The molecule has 6 nitrogen and oxygen atoms in total. The molecule has 5 rings (SSSR count). The third kappa shape index (κ3) is 5.10. The van der Waals surface area contributed by atoms with Crippen LogP contribution in [0.15, 0.2) is 89.9 Å². The van der Waals surface area contributed by atoms with Crippen LogP contribution in [0.3, 0.4) is 0 Å². The van der Waals surface area contributed by atoms with Crippen LogP contribution in [-0.2, 0) is 11.3 Å². The van der Waals surface area contributed by atoms with E-state index in [4.69, 9.17) is 4.74 Å². The van der Waals surface area contributed by atoms with Crippen molar-refractivity contribution in [3.05, 3.63) is 106 Å². The fourth-order valence-corrected chi connectivity index (χ4v) is 5.05. The summed E-state index contributed by atoms with van der Waals surface area (Å²) in [5.74, 6) is -0.271. The molecule has 35 heavy (non-hydrogen) atoms. The highest BCUT2D eigenvalue weighted by molar-refractivity contribution is 7.16. The molecule has 0 aliphatic carbocycles. The van der Waals surface area contributed by atoms with E-state index in [1.165, 1.54) is 11.3 Å². The maximum Gasteiger partial charge on any atom is 0.410 e. The smallest absolute Gasteiger partial charge is 0.410 e. The maximum absolute atomic E-state index is 12.9. The molecule has 1 aromatic heterocycles. The minimum Gasteiger partial charge on any atom is -0.445 e. The van der Waals surface area contributed by atoms with E-state index in [1.807, 2.05) is 84.3 Å². The number of hydrogen-bond donors (Lipinski definition) is 0. The number of thiazole rings is 1. The standard InChI is InChI=1S/C28H25N3O3S/c1-20-11-13-22(14-12-20)26(32)29-27-31(24-9-5-6-10-25(24)35-27)23-15-17-30(18-16-23)28(33)34-19-21-7-3-2-4-8-21/h2-15H,16-19H2,1H3. The number of nitrogens with zero attached hydrogens (tertiary/aromatic N) is 3. The Labute approximate surface area is 207 Å². The van der Waals surface area contributed by atoms with Gasteiger partial charge < -0.3 is 9.64 Å². The highest BCUT2D eigenvalue weighted by atomic mass is 32.1. The highest BCUT2D eigenvalue weighted by Crippen LogP contribution is 2.24. The molecule has 3 aromatic carbocycles. The van der Waals surface area contributed by atoms with E-state index < -0.39 is 0 Å². The Morgan fingerprint density at radius 3 is 2.46 bits per heavy atom. The first-order valence-corrected chi connectivity index (χ1v) is 12.3. The normalized spacial score (nSPS) is 14.1. The van der Waals surface area contributed by atoms with Crippen molar-refractivity contribution in [1.82, 2.24) is 9.47 Å². The topological polar surface area (TPSA) is 63.9 Å². The number of hydrogen-bond acceptors (Lipinski definition) is 4. The number of rotatable bonds is 4. The Hall–Kier alpha value is -3.97. The van der Waals surface area contributed by atoms with Gasteiger partial charge in [-0.3, -0.25) is 9.36 Å². The molecule has 176 valence electrons. The van der Waals surface area contributed by atoms with Crippen molar-refractivity contribution in [2.24, 2.45) is 4.99 Å². The molecule has 0 radical (unpaired) electrons. The summed E-state index contributed by atoms with van der Waals surface area (Å²) in [5.41, 5.74) is 4.63. The summed E-state index contributed by atoms with van der Waals surface area (Å²) >= 11 is 1.49. The van der Waals surface area contributed by atoms with Gasteiger partial charge in [-0.2, -0.15) is 4.99 Å². The van der Waals surface area contributed by atoms with Gasteiger partial charge >= 0.3 is 6.09 Å². The third-order valence-corrected chi connectivity index (χ3v) is 6.95. The predicted octanol–water partition coefficient (Wildman–Crippen LogP) is 5.64. The first-order chi connectivity index (χ1) is 17.1. The Kier molecular flexibility index (Phi) is 6.59. The van der Waals surface area contributed by atoms with E-state index in [0.717, 1.165) is 27.0 Å². The van der Waals surface area contributed by atoms with E-state index in [0.29, 0.717) is 29.9 Å². The zero-order chi connectivity index (χ0) is 24.2. The van der Waals surface area contributed by atoms with Crippen LogP contribution in [0.1, 0.15) is 27.9 Å². The number of aromatic nitrogens is 1. The largest absolute Gasteiger partial charge is 0.445 e. The monoisotopic (exact) mass is 483 g/mol. The van der Waals surface area contributed by atoms with Gasteiger partial charge in [0.2, 0.25) is 0 Å². The quantitative estimate of drug-likeness (QED) is 0.378. The molecule has 0 unspecified atom stereocenters. The molecule has 0 saturated heterocycles. The number of para-hydroxylation sites is 1. The molecule has 0 atom stereocenters. The number of fused-ring (bicyclic) bond motifs is 1. The number of aryl methyl sites for hydroxylation is 1. The van der Waals surface area contributed by atoms with E-state index in [2.05, 4.69) is 4.99 Å². The second kappa shape index (κ2) is 10.1. The number of benzene rings is 3. The van der Waals surface area contributed by atoms with Crippen LogP contribution in [0, 0.1) is 6.92 Å². The molecule has 0 bridgehead atoms. The number of ether oxygens (including phenoxy) is 1. The lowest BCUT2D eigenvalue weighted by molar-refractivity contribution is 0.0992. The number of carbonyl (C=O) groups is 2. The molecule has 4 aromatic rings. The molecule has 0 fully saturated rings. The van der Waals surface area contributed by atoms with Crippen LogP contribution in [-0.4, -0.2) is 34.6 Å². The van der Waals surface area contributed by atoms with Crippen LogP contribution in [0.5, 0.6) is 0 Å². The Bertz CT molecular complexity index is 1470. The van der Waals surface area contributed by atoms with E-state index in [9.17, 15) is 9.59 Å². The number of amides is 2. The van der Waals surface area contributed by atoms with Crippen molar-refractivity contribution in [3.63, 3.8) is 0 Å². The van der Waals surface area contributed by atoms with Crippen molar-refractivity contribution >= 4 is 39.3 Å². The van der Waals surface area contributed by atoms with Gasteiger partial charge in [-0.05, 0) is 42.8 Å². The molecule has 1 aliphatic heterocycles. The summed E-state index contributed by atoms with van der Waals surface area (Å²) in [7, 11) is 0. The maximum atomic E-state index is 12.9. The first-order valence-electron chi connectivity index (χ1n) is 11.5. The molecule has 0 N–H and O–H groups in total. The van der Waals surface area contributed by atoms with Gasteiger partial charge in [-0.25, -0.2) is 4.79 Å². The van der Waals surface area contributed by atoms with Crippen molar-refractivity contribution < 1.29 is 14.3 Å². The minimum absolute atomic E-state index is 0.251. The average Bonchev–Trinajstić information content (AvgIpc) is 3.26. The lowest BCUT2D eigenvalue weighted by atomic mass is 10.1. The van der Waals surface area contributed by atoms with E-state index >= 15 is 0 Å². The predicted molar refractivity (Wildman–Crippen MR) is 138 cm³/mol. The van der Waals surface area contributed by atoms with Gasteiger partial charge in [0.1, 0.15) is 6.61 Å². The van der Waals surface area contributed by atoms with Crippen LogP contribution in [0.25, 0.3) is 15.9 Å². The van der Waals surface area contributed by atoms with E-state index in [-0.39, 0.29) is 18.6 Å². The fourth-order valence-electron chi connectivity index (χ4n) is 4.01.